The second kappa shape index (κ2) is 6.76. The number of anilines is 4. The van der Waals surface area contributed by atoms with Gasteiger partial charge in [0, 0.05) is 34.2 Å². The smallest absolute Gasteiger partial charge is 0.229 e. The molecule has 0 aliphatic rings. The summed E-state index contributed by atoms with van der Waals surface area (Å²) in [6.07, 6.45) is 1.72. The lowest BCUT2D eigenvalue weighted by Gasteiger charge is -2.09. The number of aromatic amines is 1. The normalized spacial score (nSPS) is 10.7. The Morgan fingerprint density at radius 3 is 2.54 bits per heavy atom. The molecule has 0 aliphatic heterocycles. The molecule has 4 aromatic rings. The van der Waals surface area contributed by atoms with Crippen molar-refractivity contribution in [2.75, 3.05) is 17.7 Å². The average molecular weight is 345 g/mol. The molecule has 0 aliphatic carbocycles. The Hall–Kier alpha value is -3.54. The Morgan fingerprint density at radius 2 is 1.73 bits per heavy atom. The fourth-order valence-electron chi connectivity index (χ4n) is 2.80. The van der Waals surface area contributed by atoms with Crippen molar-refractivity contribution in [3.63, 3.8) is 0 Å². The highest BCUT2D eigenvalue weighted by Crippen LogP contribution is 2.23. The number of H-pyrrole nitrogens is 1. The van der Waals surface area contributed by atoms with E-state index >= 15 is 0 Å². The van der Waals surface area contributed by atoms with Crippen LogP contribution in [0.5, 0.6) is 5.75 Å². The molecule has 2 aromatic heterocycles. The Bertz CT molecular complexity index is 1040. The molecule has 3 N–H and O–H groups in total. The third kappa shape index (κ3) is 3.44. The van der Waals surface area contributed by atoms with E-state index in [9.17, 15) is 0 Å². The first-order valence-electron chi connectivity index (χ1n) is 8.30. The van der Waals surface area contributed by atoms with Gasteiger partial charge in [0.2, 0.25) is 5.95 Å². The van der Waals surface area contributed by atoms with Crippen molar-refractivity contribution in [1.29, 1.82) is 0 Å². The van der Waals surface area contributed by atoms with Crippen molar-refractivity contribution in [3.8, 4) is 5.75 Å². The molecule has 0 amide bonds. The minimum absolute atomic E-state index is 0.527. The van der Waals surface area contributed by atoms with Gasteiger partial charge in [-0.1, -0.05) is 0 Å². The van der Waals surface area contributed by atoms with Crippen LogP contribution in [0.25, 0.3) is 10.9 Å². The van der Waals surface area contributed by atoms with Crippen molar-refractivity contribution in [1.82, 2.24) is 15.0 Å². The fourth-order valence-corrected chi connectivity index (χ4v) is 2.80. The van der Waals surface area contributed by atoms with Crippen molar-refractivity contribution >= 4 is 34.0 Å². The van der Waals surface area contributed by atoms with E-state index in [1.807, 2.05) is 36.4 Å². The van der Waals surface area contributed by atoms with E-state index in [1.165, 1.54) is 0 Å². The third-order valence-electron chi connectivity index (χ3n) is 4.03. The van der Waals surface area contributed by atoms with Gasteiger partial charge in [0.1, 0.15) is 11.6 Å². The summed E-state index contributed by atoms with van der Waals surface area (Å²) in [5.41, 5.74) is 4.14. The van der Waals surface area contributed by atoms with Gasteiger partial charge in [0.25, 0.3) is 0 Å². The minimum Gasteiger partial charge on any atom is -0.497 e. The number of aromatic nitrogens is 3. The topological polar surface area (TPSA) is 74.9 Å². The molecule has 6 nitrogen and oxygen atoms in total. The van der Waals surface area contributed by atoms with Crippen LogP contribution in [0.15, 0.2) is 60.8 Å². The standard InChI is InChI=1S/C20H19N5O/c1-13-11-14-12-16(5-8-18(14)22-13)23-19-9-10-21-20(25-19)24-15-3-6-17(26-2)7-4-15/h3-12,22H,1-2H3,(H2,21,23,24,25). The molecular weight excluding hydrogens is 326 g/mol. The summed E-state index contributed by atoms with van der Waals surface area (Å²) in [5, 5.41) is 7.68. The summed E-state index contributed by atoms with van der Waals surface area (Å²) in [5.74, 6) is 2.06. The molecule has 0 radical (unpaired) electrons. The van der Waals surface area contributed by atoms with Gasteiger partial charge in [-0.15, -0.1) is 0 Å². The number of benzene rings is 2. The SMILES string of the molecule is COc1ccc(Nc2nccc(Nc3ccc4[nH]c(C)cc4c3)n2)cc1. The van der Waals surface area contributed by atoms with Crippen LogP contribution in [-0.4, -0.2) is 22.1 Å². The Morgan fingerprint density at radius 1 is 0.923 bits per heavy atom. The summed E-state index contributed by atoms with van der Waals surface area (Å²) in [4.78, 5) is 12.1. The van der Waals surface area contributed by atoms with E-state index in [4.69, 9.17) is 4.74 Å². The maximum Gasteiger partial charge on any atom is 0.229 e. The summed E-state index contributed by atoms with van der Waals surface area (Å²) in [7, 11) is 1.65. The molecule has 26 heavy (non-hydrogen) atoms. The molecule has 0 spiro atoms. The van der Waals surface area contributed by atoms with Crippen molar-refractivity contribution in [2.24, 2.45) is 0 Å². The third-order valence-corrected chi connectivity index (χ3v) is 4.03. The largest absolute Gasteiger partial charge is 0.497 e. The maximum atomic E-state index is 5.17. The van der Waals surface area contributed by atoms with Crippen LogP contribution >= 0.6 is 0 Å². The van der Waals surface area contributed by atoms with Crippen LogP contribution in [0.1, 0.15) is 5.69 Å². The van der Waals surface area contributed by atoms with Crippen molar-refractivity contribution < 1.29 is 4.74 Å². The number of nitrogens with zero attached hydrogens (tertiary/aromatic N) is 2. The minimum atomic E-state index is 0.527. The predicted molar refractivity (Wildman–Crippen MR) is 105 cm³/mol. The maximum absolute atomic E-state index is 5.17. The number of aryl methyl sites for hydroxylation is 1. The van der Waals surface area contributed by atoms with Gasteiger partial charge < -0.3 is 20.4 Å². The van der Waals surface area contributed by atoms with Gasteiger partial charge in [-0.3, -0.25) is 0 Å². The second-order valence-corrected chi connectivity index (χ2v) is 6.00. The highest BCUT2D eigenvalue weighted by Gasteiger charge is 2.03. The molecule has 0 saturated heterocycles. The van der Waals surface area contributed by atoms with E-state index < -0.39 is 0 Å². The first-order chi connectivity index (χ1) is 12.7. The Labute approximate surface area is 151 Å². The predicted octanol–water partition coefficient (Wildman–Crippen LogP) is 4.76. The number of nitrogens with one attached hydrogen (secondary N) is 3. The van der Waals surface area contributed by atoms with E-state index in [2.05, 4.69) is 50.7 Å². The van der Waals surface area contributed by atoms with Gasteiger partial charge in [-0.2, -0.15) is 4.98 Å². The quantitative estimate of drug-likeness (QED) is 0.486. The molecule has 2 aromatic carbocycles. The zero-order valence-electron chi connectivity index (χ0n) is 14.6. The molecule has 0 fully saturated rings. The molecule has 2 heterocycles. The zero-order valence-corrected chi connectivity index (χ0v) is 14.6. The van der Waals surface area contributed by atoms with E-state index in [0.717, 1.165) is 39.5 Å². The zero-order chi connectivity index (χ0) is 17.9. The highest BCUT2D eigenvalue weighted by atomic mass is 16.5. The monoisotopic (exact) mass is 345 g/mol. The summed E-state index contributed by atoms with van der Waals surface area (Å²) in [6, 6.07) is 17.8. The molecule has 130 valence electrons. The summed E-state index contributed by atoms with van der Waals surface area (Å²) < 4.78 is 5.17. The second-order valence-electron chi connectivity index (χ2n) is 6.00. The van der Waals surface area contributed by atoms with Crippen molar-refractivity contribution in [2.45, 2.75) is 6.92 Å². The number of rotatable bonds is 5. The van der Waals surface area contributed by atoms with E-state index in [0.29, 0.717) is 5.95 Å². The first kappa shape index (κ1) is 16.0. The summed E-state index contributed by atoms with van der Waals surface area (Å²) in [6.45, 7) is 2.05. The van der Waals surface area contributed by atoms with Gasteiger partial charge >= 0.3 is 0 Å². The van der Waals surface area contributed by atoms with Crippen LogP contribution in [0.3, 0.4) is 0 Å². The average Bonchev–Trinajstić information content (AvgIpc) is 3.02. The molecule has 0 bridgehead atoms. The molecular formula is C20H19N5O. The van der Waals surface area contributed by atoms with Gasteiger partial charge in [-0.05, 0) is 61.5 Å². The van der Waals surface area contributed by atoms with Crippen LogP contribution < -0.4 is 15.4 Å². The number of methoxy groups -OCH3 is 1. The molecule has 0 unspecified atom stereocenters. The van der Waals surface area contributed by atoms with Crippen LogP contribution in [-0.2, 0) is 0 Å². The molecule has 0 saturated carbocycles. The molecule has 6 heteroatoms. The number of fused-ring (bicyclic) bond motifs is 1. The number of hydrogen-bond acceptors (Lipinski definition) is 5. The number of hydrogen-bond donors (Lipinski definition) is 3. The summed E-state index contributed by atoms with van der Waals surface area (Å²) >= 11 is 0. The Balaban J connectivity index is 1.52. The molecule has 4 rings (SSSR count). The lowest BCUT2D eigenvalue weighted by molar-refractivity contribution is 0.415. The van der Waals surface area contributed by atoms with Crippen LogP contribution in [0.2, 0.25) is 0 Å². The van der Waals surface area contributed by atoms with Crippen molar-refractivity contribution in [3.05, 3.63) is 66.5 Å². The lowest BCUT2D eigenvalue weighted by atomic mass is 10.2. The van der Waals surface area contributed by atoms with Crippen LogP contribution in [0.4, 0.5) is 23.1 Å². The lowest BCUT2D eigenvalue weighted by Crippen LogP contribution is -2.00. The van der Waals surface area contributed by atoms with E-state index in [1.54, 1.807) is 13.3 Å². The highest BCUT2D eigenvalue weighted by molar-refractivity contribution is 5.84. The van der Waals surface area contributed by atoms with Gasteiger partial charge in [-0.25, -0.2) is 4.98 Å². The first-order valence-corrected chi connectivity index (χ1v) is 8.30. The number of ether oxygens (including phenoxy) is 1. The van der Waals surface area contributed by atoms with E-state index in [-0.39, 0.29) is 0 Å². The fraction of sp³-hybridized carbons (Fsp3) is 0.100. The van der Waals surface area contributed by atoms with Gasteiger partial charge in [0.05, 0.1) is 7.11 Å². The molecule has 0 atom stereocenters. The van der Waals surface area contributed by atoms with Crippen LogP contribution in [0, 0.1) is 6.92 Å². The Kier molecular flexibility index (Phi) is 4.15. The van der Waals surface area contributed by atoms with Gasteiger partial charge in [0.15, 0.2) is 0 Å².